The fraction of sp³-hybridized carbons (Fsp3) is 0.261. The summed E-state index contributed by atoms with van der Waals surface area (Å²) in [4.78, 5) is 29.8. The zero-order chi connectivity index (χ0) is 21.6. The summed E-state index contributed by atoms with van der Waals surface area (Å²) in [5.41, 5.74) is 1.73. The van der Waals surface area contributed by atoms with Crippen molar-refractivity contribution in [3.05, 3.63) is 71.9 Å². The molecule has 0 aliphatic heterocycles. The number of ether oxygens (including phenoxy) is 2. The van der Waals surface area contributed by atoms with Gasteiger partial charge in [0.05, 0.1) is 18.4 Å². The minimum atomic E-state index is -0.457. The number of carbonyl (C=O) groups excluding carboxylic acids is 2. The molecule has 0 saturated heterocycles. The number of hydrogen-bond donors (Lipinski definition) is 1. The van der Waals surface area contributed by atoms with Crippen LogP contribution in [0.15, 0.2) is 64.2 Å². The quantitative estimate of drug-likeness (QED) is 0.384. The second kappa shape index (κ2) is 9.70. The summed E-state index contributed by atoms with van der Waals surface area (Å²) in [6, 6.07) is 14.2. The van der Waals surface area contributed by atoms with Crippen LogP contribution in [0.4, 0.5) is 5.69 Å². The third-order valence-corrected chi connectivity index (χ3v) is 5.85. The van der Waals surface area contributed by atoms with Crippen molar-refractivity contribution < 1.29 is 23.5 Å². The van der Waals surface area contributed by atoms with Crippen molar-refractivity contribution in [2.75, 3.05) is 18.2 Å². The molecule has 1 amide bonds. The van der Waals surface area contributed by atoms with Crippen LogP contribution in [0, 0.1) is 0 Å². The van der Waals surface area contributed by atoms with Gasteiger partial charge in [0.1, 0.15) is 23.8 Å². The van der Waals surface area contributed by atoms with Crippen LogP contribution in [0.5, 0.6) is 5.75 Å². The number of hydrogen-bond acceptors (Lipinski definition) is 7. The third kappa shape index (κ3) is 5.46. The number of oxazole rings is 1. The number of benzene rings is 2. The van der Waals surface area contributed by atoms with Gasteiger partial charge in [0.15, 0.2) is 6.39 Å². The first kappa shape index (κ1) is 21.0. The van der Waals surface area contributed by atoms with E-state index >= 15 is 0 Å². The molecule has 3 aromatic rings. The number of anilines is 1. The standard InChI is InChI=1S/C23H22N2O5S/c1-28-17-6-4-5-16(11-17)25-21(26)13-31-20-8-3-2-7-18(20)23(27)29-12-19-22(15-9-10-15)30-14-24-19/h2-8,11,14-15H,9-10,12-13H2,1H3,(H,25,26). The van der Waals surface area contributed by atoms with Crippen molar-refractivity contribution in [2.24, 2.45) is 0 Å². The maximum atomic E-state index is 12.7. The van der Waals surface area contributed by atoms with E-state index in [0.29, 0.717) is 33.5 Å². The molecule has 1 N–H and O–H groups in total. The second-order valence-corrected chi connectivity index (χ2v) is 8.10. The normalized spacial score (nSPS) is 12.9. The largest absolute Gasteiger partial charge is 0.497 e. The van der Waals surface area contributed by atoms with Gasteiger partial charge in [-0.2, -0.15) is 0 Å². The van der Waals surface area contributed by atoms with E-state index in [-0.39, 0.29) is 18.3 Å². The lowest BCUT2D eigenvalue weighted by molar-refractivity contribution is -0.113. The highest BCUT2D eigenvalue weighted by Gasteiger charge is 2.30. The summed E-state index contributed by atoms with van der Waals surface area (Å²) in [6.07, 6.45) is 3.54. The van der Waals surface area contributed by atoms with Crippen molar-refractivity contribution in [3.8, 4) is 5.75 Å². The van der Waals surface area contributed by atoms with Crippen LogP contribution in [-0.2, 0) is 16.1 Å². The number of rotatable bonds is 9. The lowest BCUT2D eigenvalue weighted by Gasteiger charge is -2.10. The number of carbonyl (C=O) groups is 2. The van der Waals surface area contributed by atoms with Gasteiger partial charge in [-0.3, -0.25) is 4.79 Å². The van der Waals surface area contributed by atoms with Crippen molar-refractivity contribution in [1.82, 2.24) is 4.98 Å². The summed E-state index contributed by atoms with van der Waals surface area (Å²) in [5, 5.41) is 2.83. The molecule has 0 bridgehead atoms. The van der Waals surface area contributed by atoms with Crippen molar-refractivity contribution >= 4 is 29.3 Å². The van der Waals surface area contributed by atoms with Gasteiger partial charge in [-0.25, -0.2) is 9.78 Å². The van der Waals surface area contributed by atoms with E-state index in [1.54, 1.807) is 49.6 Å². The molecule has 1 fully saturated rings. The Morgan fingerprint density at radius 2 is 2.03 bits per heavy atom. The van der Waals surface area contributed by atoms with E-state index in [4.69, 9.17) is 13.9 Å². The molecule has 31 heavy (non-hydrogen) atoms. The number of aromatic nitrogens is 1. The molecular weight excluding hydrogens is 416 g/mol. The molecular formula is C23H22N2O5S. The molecule has 1 aliphatic carbocycles. The highest BCUT2D eigenvalue weighted by Crippen LogP contribution is 2.41. The van der Waals surface area contributed by atoms with E-state index < -0.39 is 5.97 Å². The highest BCUT2D eigenvalue weighted by atomic mass is 32.2. The highest BCUT2D eigenvalue weighted by molar-refractivity contribution is 8.00. The smallest absolute Gasteiger partial charge is 0.339 e. The van der Waals surface area contributed by atoms with Crippen LogP contribution in [0.3, 0.4) is 0 Å². The van der Waals surface area contributed by atoms with Crippen LogP contribution < -0.4 is 10.1 Å². The minimum absolute atomic E-state index is 0.0660. The van der Waals surface area contributed by atoms with Gasteiger partial charge >= 0.3 is 5.97 Å². The van der Waals surface area contributed by atoms with E-state index in [1.807, 2.05) is 6.07 Å². The lowest BCUT2D eigenvalue weighted by Crippen LogP contribution is -2.14. The molecule has 1 aliphatic rings. The number of esters is 1. The van der Waals surface area contributed by atoms with Crippen LogP contribution in [0.2, 0.25) is 0 Å². The van der Waals surface area contributed by atoms with Gasteiger partial charge in [0.2, 0.25) is 5.91 Å². The van der Waals surface area contributed by atoms with E-state index in [1.165, 1.54) is 18.2 Å². The van der Waals surface area contributed by atoms with E-state index in [2.05, 4.69) is 10.3 Å². The van der Waals surface area contributed by atoms with Crippen LogP contribution in [-0.4, -0.2) is 29.7 Å². The van der Waals surface area contributed by atoms with E-state index in [0.717, 1.165) is 18.6 Å². The Bertz CT molecular complexity index is 1080. The first-order chi connectivity index (χ1) is 15.1. The van der Waals surface area contributed by atoms with E-state index in [9.17, 15) is 9.59 Å². The summed E-state index contributed by atoms with van der Waals surface area (Å²) in [6.45, 7) is 0.0660. The predicted octanol–water partition coefficient (Wildman–Crippen LogP) is 4.65. The molecule has 0 atom stereocenters. The Kier molecular flexibility index (Phi) is 6.57. The van der Waals surface area contributed by atoms with Gasteiger partial charge in [0, 0.05) is 22.6 Å². The first-order valence-corrected chi connectivity index (χ1v) is 10.9. The average molecular weight is 439 g/mol. The third-order valence-electron chi connectivity index (χ3n) is 4.78. The molecule has 7 nitrogen and oxygen atoms in total. The zero-order valence-electron chi connectivity index (χ0n) is 17.0. The minimum Gasteiger partial charge on any atom is -0.497 e. The van der Waals surface area contributed by atoms with Crippen molar-refractivity contribution in [3.63, 3.8) is 0 Å². The Morgan fingerprint density at radius 3 is 2.84 bits per heavy atom. The fourth-order valence-corrected chi connectivity index (χ4v) is 3.92. The Morgan fingerprint density at radius 1 is 1.19 bits per heavy atom. The number of methoxy groups -OCH3 is 1. The monoisotopic (exact) mass is 438 g/mol. The maximum absolute atomic E-state index is 12.7. The molecule has 8 heteroatoms. The van der Waals surface area contributed by atoms with Gasteiger partial charge in [0.25, 0.3) is 0 Å². The van der Waals surface area contributed by atoms with Crippen LogP contribution in [0.25, 0.3) is 0 Å². The molecule has 0 radical (unpaired) electrons. The molecule has 0 spiro atoms. The van der Waals surface area contributed by atoms with Crippen molar-refractivity contribution in [1.29, 1.82) is 0 Å². The second-order valence-electron chi connectivity index (χ2n) is 7.08. The van der Waals surface area contributed by atoms with Gasteiger partial charge in [-0.05, 0) is 37.1 Å². The summed E-state index contributed by atoms with van der Waals surface area (Å²) >= 11 is 1.28. The van der Waals surface area contributed by atoms with Crippen LogP contribution in [0.1, 0.15) is 40.6 Å². The Balaban J connectivity index is 1.34. The maximum Gasteiger partial charge on any atom is 0.339 e. The summed E-state index contributed by atoms with van der Waals surface area (Å²) < 4.78 is 16.1. The number of nitrogens with zero attached hydrogens (tertiary/aromatic N) is 1. The SMILES string of the molecule is COc1cccc(NC(=O)CSc2ccccc2C(=O)OCc2ncoc2C2CC2)c1. The first-order valence-electron chi connectivity index (χ1n) is 9.89. The molecule has 1 heterocycles. The molecule has 2 aromatic carbocycles. The molecule has 4 rings (SSSR count). The zero-order valence-corrected chi connectivity index (χ0v) is 17.8. The number of nitrogens with one attached hydrogen (secondary N) is 1. The van der Waals surface area contributed by atoms with Gasteiger partial charge in [-0.1, -0.05) is 18.2 Å². The number of amides is 1. The molecule has 1 saturated carbocycles. The average Bonchev–Trinajstić information content (AvgIpc) is 3.53. The topological polar surface area (TPSA) is 90.7 Å². The van der Waals surface area contributed by atoms with Crippen molar-refractivity contribution in [2.45, 2.75) is 30.3 Å². The molecule has 0 unspecified atom stereocenters. The molecule has 160 valence electrons. The summed E-state index contributed by atoms with van der Waals surface area (Å²) in [5.74, 6) is 1.37. The Labute approximate surface area is 184 Å². The fourth-order valence-electron chi connectivity index (χ4n) is 3.08. The number of thioether (sulfide) groups is 1. The predicted molar refractivity (Wildman–Crippen MR) is 116 cm³/mol. The Hall–Kier alpha value is -3.26. The van der Waals surface area contributed by atoms with Gasteiger partial charge in [-0.15, -0.1) is 11.8 Å². The molecule has 1 aromatic heterocycles. The summed E-state index contributed by atoms with van der Waals surface area (Å²) in [7, 11) is 1.57. The lowest BCUT2D eigenvalue weighted by atomic mass is 10.2. The van der Waals surface area contributed by atoms with Gasteiger partial charge < -0.3 is 19.2 Å². The van der Waals surface area contributed by atoms with Crippen LogP contribution >= 0.6 is 11.8 Å².